The van der Waals surface area contributed by atoms with Gasteiger partial charge < -0.3 is 15.4 Å². The summed E-state index contributed by atoms with van der Waals surface area (Å²) >= 11 is 0. The summed E-state index contributed by atoms with van der Waals surface area (Å²) in [7, 11) is 1.65. The van der Waals surface area contributed by atoms with Gasteiger partial charge >= 0.3 is 0 Å². The summed E-state index contributed by atoms with van der Waals surface area (Å²) < 4.78 is 5.10. The Labute approximate surface area is 95.0 Å². The predicted octanol–water partition coefficient (Wildman–Crippen LogP) is 0.846. The summed E-state index contributed by atoms with van der Waals surface area (Å²) in [6.07, 6.45) is 0.492. The Morgan fingerprint density at radius 1 is 1.25 bits per heavy atom. The van der Waals surface area contributed by atoms with Crippen molar-refractivity contribution in [3.05, 3.63) is 29.8 Å². The number of ether oxygens (including phenoxy) is 1. The molecular weight excluding hydrogens is 204 g/mol. The van der Waals surface area contributed by atoms with Crippen LogP contribution in [0, 0.1) is 0 Å². The molecule has 0 saturated carbocycles. The van der Waals surface area contributed by atoms with Gasteiger partial charge in [-0.05, 0) is 17.7 Å². The van der Waals surface area contributed by atoms with Crippen LogP contribution in [-0.4, -0.2) is 26.1 Å². The van der Waals surface area contributed by atoms with Gasteiger partial charge in [0.15, 0.2) is 0 Å². The number of methoxy groups -OCH3 is 1. The van der Waals surface area contributed by atoms with E-state index in [1.165, 1.54) is 0 Å². The van der Waals surface area contributed by atoms with Crippen molar-refractivity contribution in [2.45, 2.75) is 12.5 Å². The van der Waals surface area contributed by atoms with Crippen LogP contribution in [0.1, 0.15) is 18.0 Å². The first-order valence-corrected chi connectivity index (χ1v) is 5.43. The van der Waals surface area contributed by atoms with Crippen LogP contribution in [0.4, 0.5) is 0 Å². The van der Waals surface area contributed by atoms with Gasteiger partial charge in [0.05, 0.1) is 7.11 Å². The maximum Gasteiger partial charge on any atom is 0.221 e. The Morgan fingerprint density at radius 3 is 2.69 bits per heavy atom. The first kappa shape index (κ1) is 11.0. The summed E-state index contributed by atoms with van der Waals surface area (Å²) in [6, 6.07) is 7.93. The van der Waals surface area contributed by atoms with E-state index >= 15 is 0 Å². The highest BCUT2D eigenvalue weighted by Crippen LogP contribution is 2.20. The van der Waals surface area contributed by atoms with Gasteiger partial charge in [0.1, 0.15) is 5.75 Å². The van der Waals surface area contributed by atoms with Crippen LogP contribution < -0.4 is 15.4 Å². The van der Waals surface area contributed by atoms with Gasteiger partial charge in [-0.15, -0.1) is 0 Å². The fourth-order valence-electron chi connectivity index (χ4n) is 1.85. The molecule has 0 bridgehead atoms. The van der Waals surface area contributed by atoms with Crippen molar-refractivity contribution in [2.75, 3.05) is 20.2 Å². The Morgan fingerprint density at radius 2 is 2.00 bits per heavy atom. The molecule has 86 valence electrons. The highest BCUT2D eigenvalue weighted by molar-refractivity contribution is 5.77. The van der Waals surface area contributed by atoms with Gasteiger partial charge in [0.25, 0.3) is 0 Å². The van der Waals surface area contributed by atoms with E-state index in [9.17, 15) is 4.79 Å². The standard InChI is InChI=1S/C12H16N2O2/c1-16-10-4-2-9(3-5-10)11-8-12(15)14-7-6-13-11/h2-5,11,13H,6-8H2,1H3,(H,14,15). The topological polar surface area (TPSA) is 50.4 Å². The van der Waals surface area contributed by atoms with Crippen LogP contribution in [0.15, 0.2) is 24.3 Å². The molecule has 1 heterocycles. The molecule has 1 fully saturated rings. The minimum Gasteiger partial charge on any atom is -0.497 e. The van der Waals surface area contributed by atoms with Gasteiger partial charge in [-0.2, -0.15) is 0 Å². The van der Waals surface area contributed by atoms with Crippen LogP contribution in [0.5, 0.6) is 5.75 Å². The van der Waals surface area contributed by atoms with Crippen molar-refractivity contribution in [3.63, 3.8) is 0 Å². The molecule has 1 saturated heterocycles. The van der Waals surface area contributed by atoms with Crippen LogP contribution in [-0.2, 0) is 4.79 Å². The smallest absolute Gasteiger partial charge is 0.221 e. The van der Waals surface area contributed by atoms with Gasteiger partial charge in [0.2, 0.25) is 5.91 Å². The zero-order valence-corrected chi connectivity index (χ0v) is 9.32. The largest absolute Gasteiger partial charge is 0.497 e. The van der Waals surface area contributed by atoms with Gasteiger partial charge in [-0.25, -0.2) is 0 Å². The SMILES string of the molecule is COc1ccc(C2CC(=O)NCCN2)cc1. The van der Waals surface area contributed by atoms with Crippen molar-refractivity contribution in [1.29, 1.82) is 0 Å². The van der Waals surface area contributed by atoms with Crippen molar-refractivity contribution < 1.29 is 9.53 Å². The Hall–Kier alpha value is -1.55. The number of carbonyl (C=O) groups excluding carboxylic acids is 1. The number of rotatable bonds is 2. The van der Waals surface area contributed by atoms with E-state index in [0.29, 0.717) is 13.0 Å². The molecule has 1 aliphatic heterocycles. The van der Waals surface area contributed by atoms with E-state index in [4.69, 9.17) is 4.74 Å². The molecule has 4 nitrogen and oxygen atoms in total. The second-order valence-electron chi connectivity index (χ2n) is 3.83. The minimum absolute atomic E-state index is 0.103. The lowest BCUT2D eigenvalue weighted by Gasteiger charge is -2.15. The average Bonchev–Trinajstić information content (AvgIpc) is 2.54. The first-order chi connectivity index (χ1) is 7.79. The van der Waals surface area contributed by atoms with E-state index in [1.807, 2.05) is 24.3 Å². The molecule has 0 aromatic heterocycles. The van der Waals surface area contributed by atoms with E-state index < -0.39 is 0 Å². The molecule has 16 heavy (non-hydrogen) atoms. The number of hydrogen-bond acceptors (Lipinski definition) is 3. The van der Waals surface area contributed by atoms with E-state index in [1.54, 1.807) is 7.11 Å². The first-order valence-electron chi connectivity index (χ1n) is 5.43. The fourth-order valence-corrected chi connectivity index (χ4v) is 1.85. The Bertz CT molecular complexity index is 362. The van der Waals surface area contributed by atoms with Gasteiger partial charge in [0, 0.05) is 25.6 Å². The summed E-state index contributed by atoms with van der Waals surface area (Å²) in [5.41, 5.74) is 1.12. The zero-order chi connectivity index (χ0) is 11.4. The lowest BCUT2D eigenvalue weighted by molar-refractivity contribution is -0.121. The molecule has 2 N–H and O–H groups in total. The van der Waals surface area contributed by atoms with Crippen molar-refractivity contribution in [1.82, 2.24) is 10.6 Å². The highest BCUT2D eigenvalue weighted by atomic mass is 16.5. The van der Waals surface area contributed by atoms with Crippen molar-refractivity contribution in [2.24, 2.45) is 0 Å². The maximum absolute atomic E-state index is 11.4. The highest BCUT2D eigenvalue weighted by Gasteiger charge is 2.18. The molecule has 1 unspecified atom stereocenters. The number of nitrogens with one attached hydrogen (secondary N) is 2. The molecule has 1 aromatic carbocycles. The van der Waals surface area contributed by atoms with E-state index in [2.05, 4.69) is 10.6 Å². The summed E-state index contributed by atoms with van der Waals surface area (Å²) in [5, 5.41) is 6.18. The van der Waals surface area contributed by atoms with E-state index in [0.717, 1.165) is 17.9 Å². The lowest BCUT2D eigenvalue weighted by atomic mass is 10.0. The Balaban J connectivity index is 2.12. The predicted molar refractivity (Wildman–Crippen MR) is 61.4 cm³/mol. The maximum atomic E-state index is 11.4. The molecule has 0 aliphatic carbocycles. The second-order valence-corrected chi connectivity index (χ2v) is 3.83. The fraction of sp³-hybridized carbons (Fsp3) is 0.417. The molecule has 0 radical (unpaired) electrons. The molecule has 1 aromatic rings. The average molecular weight is 220 g/mol. The summed E-state index contributed by atoms with van der Waals surface area (Å²) in [5.74, 6) is 0.938. The number of hydrogen-bond donors (Lipinski definition) is 2. The van der Waals surface area contributed by atoms with Gasteiger partial charge in [-0.1, -0.05) is 12.1 Å². The molecule has 1 atom stereocenters. The third kappa shape index (κ3) is 2.52. The summed E-state index contributed by atoms with van der Waals surface area (Å²) in [4.78, 5) is 11.4. The monoisotopic (exact) mass is 220 g/mol. The number of benzene rings is 1. The van der Waals surface area contributed by atoms with Gasteiger partial charge in [-0.3, -0.25) is 4.79 Å². The molecule has 0 spiro atoms. The molecule has 1 aliphatic rings. The van der Waals surface area contributed by atoms with Crippen LogP contribution in [0.2, 0.25) is 0 Å². The van der Waals surface area contributed by atoms with E-state index in [-0.39, 0.29) is 11.9 Å². The molecule has 2 rings (SSSR count). The molecular formula is C12H16N2O2. The lowest BCUT2D eigenvalue weighted by Crippen LogP contribution is -2.24. The molecule has 4 heteroatoms. The second kappa shape index (κ2) is 4.99. The number of amides is 1. The summed E-state index contributed by atoms with van der Waals surface area (Å²) in [6.45, 7) is 1.51. The quantitative estimate of drug-likeness (QED) is 0.776. The normalized spacial score (nSPS) is 21.1. The zero-order valence-electron chi connectivity index (χ0n) is 9.32. The minimum atomic E-state index is 0.103. The van der Waals surface area contributed by atoms with Crippen molar-refractivity contribution >= 4 is 5.91 Å². The third-order valence-corrected chi connectivity index (χ3v) is 2.75. The Kier molecular flexibility index (Phi) is 3.41. The van der Waals surface area contributed by atoms with Crippen molar-refractivity contribution in [3.8, 4) is 5.75 Å². The van der Waals surface area contributed by atoms with Crippen LogP contribution >= 0.6 is 0 Å². The van der Waals surface area contributed by atoms with Crippen LogP contribution in [0.3, 0.4) is 0 Å². The third-order valence-electron chi connectivity index (χ3n) is 2.75. The number of carbonyl (C=O) groups is 1. The van der Waals surface area contributed by atoms with Crippen LogP contribution in [0.25, 0.3) is 0 Å². The molecule has 1 amide bonds.